The minimum absolute atomic E-state index is 0. The first-order valence-corrected chi connectivity index (χ1v) is 28.6. The largest absolute Gasteiger partial charge is 0.507 e. The molecule has 0 aliphatic carbocycles. The molecular weight excluding hydrogens is 1140 g/mol. The summed E-state index contributed by atoms with van der Waals surface area (Å²) in [5.41, 5.74) is 11.0. The minimum Gasteiger partial charge on any atom is -0.507 e. The first-order valence-electron chi connectivity index (χ1n) is 28.6. The predicted molar refractivity (Wildman–Crippen MR) is 340 cm³/mol. The van der Waals surface area contributed by atoms with Crippen LogP contribution < -0.4 is 0 Å². The molecule has 9 rings (SSSR count). The van der Waals surface area contributed by atoms with E-state index in [1.54, 1.807) is 24.9 Å². The van der Waals surface area contributed by atoms with Crippen LogP contribution in [0.5, 0.6) is 23.0 Å². The van der Waals surface area contributed by atoms with Crippen LogP contribution in [0.2, 0.25) is 0 Å². The molecule has 442 valence electrons. The molecule has 4 N–H and O–H groups in total. The Balaban J connectivity index is 0.00000506. The van der Waals surface area contributed by atoms with Gasteiger partial charge in [-0.05, 0) is 113 Å². The van der Waals surface area contributed by atoms with Crippen LogP contribution >= 0.6 is 0 Å². The fraction of sp³-hybridized carbons (Fsp3) is 0.297. The van der Waals surface area contributed by atoms with Crippen LogP contribution in [0.4, 0.5) is 0 Å². The van der Waals surface area contributed by atoms with E-state index in [-0.39, 0.29) is 91.6 Å². The van der Waals surface area contributed by atoms with Crippen LogP contribution in [0, 0.1) is 0 Å². The Bertz CT molecular complexity index is 3200. The number of phenols is 4. The van der Waals surface area contributed by atoms with Gasteiger partial charge < -0.3 is 20.4 Å². The Morgan fingerprint density at radius 1 is 0.286 bits per heavy atom. The molecule has 8 aromatic rings. The van der Waals surface area contributed by atoms with Gasteiger partial charge in [-0.25, -0.2) is 0 Å². The zero-order valence-electron chi connectivity index (χ0n) is 50.4. The zero-order valence-corrected chi connectivity index (χ0v) is 52.3. The molecule has 0 amide bonds. The molecule has 84 heavy (non-hydrogen) atoms. The van der Waals surface area contributed by atoms with E-state index in [0.717, 1.165) is 44.5 Å². The molecule has 10 heteroatoms. The number of aliphatic imine (C=N–C) groups is 4. The van der Waals surface area contributed by atoms with Gasteiger partial charge in [0.05, 0.1) is 0 Å². The molecule has 4 atom stereocenters. The Morgan fingerprint density at radius 3 is 0.631 bits per heavy atom. The summed E-state index contributed by atoms with van der Waals surface area (Å²) in [5.74, 6) is 0.260. The minimum atomic E-state index is -0.584. The molecule has 0 spiro atoms. The van der Waals surface area contributed by atoms with Gasteiger partial charge in [0.15, 0.2) is 0 Å². The Kier molecular flexibility index (Phi) is 20.1. The second-order valence-corrected chi connectivity index (χ2v) is 26.2. The van der Waals surface area contributed by atoms with Crippen LogP contribution in [0.15, 0.2) is 190 Å². The molecule has 1 heterocycles. The Hall–Kier alpha value is -7.32. The maximum Gasteiger partial charge on any atom is 0.127 e. The topological polar surface area (TPSA) is 130 Å². The summed E-state index contributed by atoms with van der Waals surface area (Å²) in [7, 11) is 0. The summed E-state index contributed by atoms with van der Waals surface area (Å²) in [6.07, 6.45) is 7.49. The van der Waals surface area contributed by atoms with Gasteiger partial charge >= 0.3 is 0 Å². The number of hydrogen-bond donors (Lipinski definition) is 4. The Morgan fingerprint density at radius 2 is 0.464 bits per heavy atom. The van der Waals surface area contributed by atoms with Crippen molar-refractivity contribution in [1.29, 1.82) is 0 Å². The first-order chi connectivity index (χ1) is 38.8. The number of rotatable bonds is 4. The third kappa shape index (κ3) is 14.9. The Labute approximate surface area is 519 Å². The maximum absolute atomic E-state index is 12.6. The number of fused-ring (bicyclic) bond motifs is 8. The monoisotopic (exact) mass is 1210 g/mol. The second kappa shape index (κ2) is 26.3. The molecule has 8 aromatic carbocycles. The van der Waals surface area contributed by atoms with Gasteiger partial charge in [-0.1, -0.05) is 229 Å². The van der Waals surface area contributed by atoms with Crippen molar-refractivity contribution in [3.63, 3.8) is 0 Å². The molecule has 0 saturated heterocycles. The smallest absolute Gasteiger partial charge is 0.127 e. The average Bonchev–Trinajstić information content (AvgIpc) is 3.62. The standard InChI is InChI=1S/C74H80N4O4.2Cu/c1-71(2,3)59-35-51-33-52-36-60(72(4,5)6)40-56(68(52)80)44-77-65(49-29-21-15-22-30-49)66(50-31-23-16-24-32-50)78-46-58-42-62(74(10,11)12)38-54(70(58)82)34-53-37-61(73(7,8)9)41-57(69(53)81)45-76-64(48-27-19-14-20-28-48)63(47-25-17-13-18-26-47)75-43-55(39-59)67(51)79;;/h13-32,35-46,63-66,79-82H,33-34H2,1-12H3;;/t63-,64-,65-,66-;;/m0../s1. The van der Waals surface area contributed by atoms with Gasteiger partial charge in [-0.15, -0.1) is 0 Å². The number of phenolic OH excluding ortho intramolecular Hbond substituents is 4. The van der Waals surface area contributed by atoms with E-state index in [9.17, 15) is 20.4 Å². The van der Waals surface area contributed by atoms with Gasteiger partial charge in [0.2, 0.25) is 0 Å². The van der Waals surface area contributed by atoms with Crippen molar-refractivity contribution in [2.24, 2.45) is 20.0 Å². The van der Waals surface area contributed by atoms with Crippen LogP contribution in [0.1, 0.15) is 196 Å². The molecule has 2 radical (unpaired) electrons. The molecule has 0 fully saturated rings. The summed E-state index contributed by atoms with van der Waals surface area (Å²) < 4.78 is 0. The number of benzene rings is 8. The van der Waals surface area contributed by atoms with E-state index in [1.807, 2.05) is 170 Å². The summed E-state index contributed by atoms with van der Waals surface area (Å²) >= 11 is 0. The predicted octanol–water partition coefficient (Wildman–Crippen LogP) is 17.2. The maximum atomic E-state index is 12.6. The fourth-order valence-electron chi connectivity index (χ4n) is 10.6. The van der Waals surface area contributed by atoms with Crippen molar-refractivity contribution in [2.75, 3.05) is 0 Å². The second-order valence-electron chi connectivity index (χ2n) is 26.2. The van der Waals surface area contributed by atoms with Crippen molar-refractivity contribution in [1.82, 2.24) is 0 Å². The summed E-state index contributed by atoms with van der Waals surface area (Å²) in [6.45, 7) is 25.8. The quantitative estimate of drug-likeness (QED) is 0.131. The van der Waals surface area contributed by atoms with Crippen LogP contribution in [0.25, 0.3) is 0 Å². The molecular formula is C74H80Cu2N4O4. The van der Waals surface area contributed by atoms with Crippen molar-refractivity contribution in [3.8, 4) is 23.0 Å². The first kappa shape index (κ1) is 64.2. The summed E-state index contributed by atoms with van der Waals surface area (Å²) in [6, 6.07) is 54.1. The fourth-order valence-corrected chi connectivity index (χ4v) is 10.6. The number of aromatic hydroxyl groups is 4. The van der Waals surface area contributed by atoms with Crippen molar-refractivity contribution in [3.05, 3.63) is 259 Å². The molecule has 8 bridgehead atoms. The van der Waals surface area contributed by atoms with Crippen LogP contribution in [-0.2, 0) is 68.6 Å². The molecule has 1 aliphatic rings. The summed E-state index contributed by atoms with van der Waals surface area (Å²) in [5, 5.41) is 50.3. The van der Waals surface area contributed by atoms with E-state index in [0.29, 0.717) is 44.5 Å². The number of nitrogens with zero attached hydrogens (tertiary/aromatic N) is 4. The van der Waals surface area contributed by atoms with Gasteiger partial charge in [-0.2, -0.15) is 0 Å². The number of hydrogen-bond acceptors (Lipinski definition) is 8. The van der Waals surface area contributed by atoms with E-state index in [4.69, 9.17) is 20.0 Å². The van der Waals surface area contributed by atoms with Crippen molar-refractivity contribution >= 4 is 24.9 Å². The molecule has 0 saturated carbocycles. The summed E-state index contributed by atoms with van der Waals surface area (Å²) in [4.78, 5) is 21.6. The molecule has 8 nitrogen and oxygen atoms in total. The molecule has 0 aromatic heterocycles. The van der Waals surface area contributed by atoms with Crippen molar-refractivity contribution in [2.45, 2.75) is 142 Å². The van der Waals surface area contributed by atoms with E-state index >= 15 is 0 Å². The average molecular weight is 1220 g/mol. The SMILES string of the molecule is CC(C)(C)c1cc2c(O)c(c1)Cc1cc(C(C)(C)C)cc(c1O)C=N[C@@H](c1ccccc1)[C@H](c1ccccc1)N=Cc1cc(C(C)(C)C)cc(c1O)Cc1cc(C(C)(C)C)cc(c1O)C=N[C@@H](c1ccccc1)[C@H](c1ccccc1)N=C2.[Cu].[Cu]. The zero-order chi connectivity index (χ0) is 58.7. The van der Waals surface area contributed by atoms with Crippen molar-refractivity contribution < 1.29 is 54.6 Å². The van der Waals surface area contributed by atoms with Gasteiger partial charge in [0.1, 0.15) is 47.2 Å². The van der Waals surface area contributed by atoms with E-state index in [1.165, 1.54) is 0 Å². The van der Waals surface area contributed by atoms with Gasteiger partial charge in [0.25, 0.3) is 0 Å². The van der Waals surface area contributed by atoms with E-state index in [2.05, 4.69) is 83.1 Å². The molecule has 0 unspecified atom stereocenters. The van der Waals surface area contributed by atoms with Gasteiger partial charge in [-0.3, -0.25) is 20.0 Å². The van der Waals surface area contributed by atoms with Crippen LogP contribution in [0.3, 0.4) is 0 Å². The van der Waals surface area contributed by atoms with Gasteiger partial charge in [0, 0.05) is 94.1 Å². The molecule has 1 aliphatic heterocycles. The van der Waals surface area contributed by atoms with Crippen LogP contribution in [-0.4, -0.2) is 45.3 Å². The third-order valence-electron chi connectivity index (χ3n) is 15.8. The normalized spacial score (nSPS) is 17.0. The van der Waals surface area contributed by atoms with E-state index < -0.39 is 24.2 Å². The third-order valence-corrected chi connectivity index (χ3v) is 15.8.